The van der Waals surface area contributed by atoms with E-state index in [9.17, 15) is 4.79 Å². The summed E-state index contributed by atoms with van der Waals surface area (Å²) in [5.74, 6) is -0.0256. The maximum absolute atomic E-state index is 12.3. The van der Waals surface area contributed by atoms with Gasteiger partial charge in [-0.25, -0.2) is 0 Å². The molecule has 0 saturated carbocycles. The topological polar surface area (TPSA) is 54.9 Å². The van der Waals surface area contributed by atoms with Crippen molar-refractivity contribution in [1.29, 1.82) is 0 Å². The highest BCUT2D eigenvalue weighted by atomic mass is 16.1. The van der Waals surface area contributed by atoms with Gasteiger partial charge in [-0.05, 0) is 30.5 Å². The molecule has 0 fully saturated rings. The molecule has 0 aliphatic heterocycles. The number of hydrogen-bond donors (Lipinski definition) is 1. The van der Waals surface area contributed by atoms with Crippen LogP contribution in [0.1, 0.15) is 29.9 Å². The molecule has 4 nitrogen and oxygen atoms in total. The van der Waals surface area contributed by atoms with Crippen molar-refractivity contribution in [1.82, 2.24) is 15.3 Å². The predicted molar refractivity (Wildman–Crippen MR) is 98.9 cm³/mol. The van der Waals surface area contributed by atoms with E-state index in [-0.39, 0.29) is 11.9 Å². The largest absolute Gasteiger partial charge is 0.348 e. The van der Waals surface area contributed by atoms with Gasteiger partial charge in [0.1, 0.15) is 0 Å². The highest BCUT2D eigenvalue weighted by Crippen LogP contribution is 2.19. The highest BCUT2D eigenvalue weighted by Gasteiger charge is 2.11. The van der Waals surface area contributed by atoms with Crippen LogP contribution in [0.2, 0.25) is 0 Å². The number of aromatic nitrogens is 2. The van der Waals surface area contributed by atoms with Crippen molar-refractivity contribution in [2.24, 2.45) is 0 Å². The second kappa shape index (κ2) is 7.71. The molecule has 0 unspecified atom stereocenters. The first kappa shape index (κ1) is 16.8. The fourth-order valence-electron chi connectivity index (χ4n) is 2.62. The van der Waals surface area contributed by atoms with Gasteiger partial charge in [0.05, 0.1) is 30.0 Å². The summed E-state index contributed by atoms with van der Waals surface area (Å²) in [5.41, 5.74) is 4.93. The number of nitrogens with zero attached hydrogens (tertiary/aromatic N) is 2. The molecular weight excluding hydrogens is 310 g/mol. The average molecular weight is 331 g/mol. The Morgan fingerprint density at radius 2 is 1.64 bits per heavy atom. The van der Waals surface area contributed by atoms with Gasteiger partial charge in [0.2, 0.25) is 5.91 Å². The predicted octanol–water partition coefficient (Wildman–Crippen LogP) is 3.87. The third kappa shape index (κ3) is 4.51. The van der Waals surface area contributed by atoms with Crippen molar-refractivity contribution in [3.63, 3.8) is 0 Å². The zero-order valence-corrected chi connectivity index (χ0v) is 14.4. The quantitative estimate of drug-likeness (QED) is 0.772. The third-order valence-electron chi connectivity index (χ3n) is 4.05. The molecule has 126 valence electrons. The van der Waals surface area contributed by atoms with Gasteiger partial charge in [0.15, 0.2) is 0 Å². The van der Waals surface area contributed by atoms with E-state index in [0.717, 1.165) is 22.5 Å². The molecule has 25 heavy (non-hydrogen) atoms. The van der Waals surface area contributed by atoms with Crippen molar-refractivity contribution in [3.05, 3.63) is 83.9 Å². The fraction of sp³-hybridized carbons (Fsp3) is 0.190. The normalized spacial score (nSPS) is 11.8. The molecule has 1 aromatic heterocycles. The summed E-state index contributed by atoms with van der Waals surface area (Å²) in [4.78, 5) is 20.8. The summed E-state index contributed by atoms with van der Waals surface area (Å²) in [6, 6.07) is 18.1. The highest BCUT2D eigenvalue weighted by molar-refractivity contribution is 5.79. The van der Waals surface area contributed by atoms with Crippen LogP contribution in [0, 0.1) is 6.92 Å². The maximum Gasteiger partial charge on any atom is 0.224 e. The maximum atomic E-state index is 12.3. The molecule has 3 rings (SSSR count). The van der Waals surface area contributed by atoms with E-state index in [1.165, 1.54) is 5.56 Å². The standard InChI is InChI=1S/C21H21N3O/c1-15-13-23-20(14-22-15)16(2)24-21(25)12-17-8-10-19(11-9-17)18-6-4-3-5-7-18/h3-11,13-14,16H,12H2,1-2H3,(H,24,25)/t16-/m1/s1. The van der Waals surface area contributed by atoms with Gasteiger partial charge in [-0.1, -0.05) is 54.6 Å². The molecule has 2 aromatic carbocycles. The summed E-state index contributed by atoms with van der Waals surface area (Å²) >= 11 is 0. The minimum Gasteiger partial charge on any atom is -0.348 e. The van der Waals surface area contributed by atoms with E-state index in [1.807, 2.05) is 56.3 Å². The van der Waals surface area contributed by atoms with Gasteiger partial charge in [-0.2, -0.15) is 0 Å². The first-order valence-electron chi connectivity index (χ1n) is 8.34. The lowest BCUT2D eigenvalue weighted by atomic mass is 10.0. The van der Waals surface area contributed by atoms with Gasteiger partial charge in [-0.15, -0.1) is 0 Å². The van der Waals surface area contributed by atoms with Crippen LogP contribution in [-0.2, 0) is 11.2 Å². The van der Waals surface area contributed by atoms with Crippen LogP contribution in [0.25, 0.3) is 11.1 Å². The number of rotatable bonds is 5. The SMILES string of the molecule is Cc1cnc([C@@H](C)NC(=O)Cc2ccc(-c3ccccc3)cc2)cn1. The van der Waals surface area contributed by atoms with E-state index in [0.29, 0.717) is 6.42 Å². The van der Waals surface area contributed by atoms with E-state index in [1.54, 1.807) is 12.4 Å². The van der Waals surface area contributed by atoms with Crippen LogP contribution < -0.4 is 5.32 Å². The lowest BCUT2D eigenvalue weighted by molar-refractivity contribution is -0.121. The molecule has 0 spiro atoms. The summed E-state index contributed by atoms with van der Waals surface area (Å²) in [6.45, 7) is 3.80. The van der Waals surface area contributed by atoms with E-state index < -0.39 is 0 Å². The van der Waals surface area contributed by atoms with Crippen molar-refractivity contribution < 1.29 is 4.79 Å². The molecule has 0 aliphatic rings. The zero-order valence-electron chi connectivity index (χ0n) is 14.4. The van der Waals surface area contributed by atoms with E-state index in [2.05, 4.69) is 27.4 Å². The molecule has 0 bridgehead atoms. The average Bonchev–Trinajstić information content (AvgIpc) is 2.63. The minimum absolute atomic E-state index is 0.0256. The summed E-state index contributed by atoms with van der Waals surface area (Å²) in [7, 11) is 0. The molecule has 0 saturated heterocycles. The van der Waals surface area contributed by atoms with Gasteiger partial charge in [0, 0.05) is 6.20 Å². The first-order valence-corrected chi connectivity index (χ1v) is 8.34. The Bertz CT molecular complexity index is 827. The number of nitrogens with one attached hydrogen (secondary N) is 1. The monoisotopic (exact) mass is 331 g/mol. The van der Waals surface area contributed by atoms with Gasteiger partial charge in [-0.3, -0.25) is 14.8 Å². The van der Waals surface area contributed by atoms with Crippen LogP contribution in [0.15, 0.2) is 67.0 Å². The molecule has 4 heteroatoms. The molecule has 1 amide bonds. The van der Waals surface area contributed by atoms with Gasteiger partial charge < -0.3 is 5.32 Å². The van der Waals surface area contributed by atoms with Gasteiger partial charge >= 0.3 is 0 Å². The number of carbonyl (C=O) groups is 1. The van der Waals surface area contributed by atoms with Crippen LogP contribution in [-0.4, -0.2) is 15.9 Å². The summed E-state index contributed by atoms with van der Waals surface area (Å²) in [5, 5.41) is 2.97. The summed E-state index contributed by atoms with van der Waals surface area (Å²) < 4.78 is 0. The Hall–Kier alpha value is -3.01. The van der Waals surface area contributed by atoms with Crippen molar-refractivity contribution in [2.75, 3.05) is 0 Å². The van der Waals surface area contributed by atoms with E-state index in [4.69, 9.17) is 0 Å². The lowest BCUT2D eigenvalue weighted by Crippen LogP contribution is -2.28. The molecule has 0 radical (unpaired) electrons. The number of benzene rings is 2. The Morgan fingerprint density at radius 3 is 2.28 bits per heavy atom. The Balaban J connectivity index is 1.60. The van der Waals surface area contributed by atoms with Crippen molar-refractivity contribution >= 4 is 5.91 Å². The fourth-order valence-corrected chi connectivity index (χ4v) is 2.62. The molecule has 3 aromatic rings. The van der Waals surface area contributed by atoms with Crippen LogP contribution >= 0.6 is 0 Å². The first-order chi connectivity index (χ1) is 12.1. The second-order valence-electron chi connectivity index (χ2n) is 6.11. The number of hydrogen-bond acceptors (Lipinski definition) is 3. The zero-order chi connectivity index (χ0) is 17.6. The Morgan fingerprint density at radius 1 is 0.960 bits per heavy atom. The molecule has 1 N–H and O–H groups in total. The lowest BCUT2D eigenvalue weighted by Gasteiger charge is -2.13. The molecule has 1 heterocycles. The summed E-state index contributed by atoms with van der Waals surface area (Å²) in [6.07, 6.45) is 3.76. The molecule has 1 atom stereocenters. The van der Waals surface area contributed by atoms with Crippen molar-refractivity contribution in [3.8, 4) is 11.1 Å². The van der Waals surface area contributed by atoms with E-state index >= 15 is 0 Å². The smallest absolute Gasteiger partial charge is 0.224 e. The van der Waals surface area contributed by atoms with Crippen molar-refractivity contribution in [2.45, 2.75) is 26.3 Å². The van der Waals surface area contributed by atoms with Crippen LogP contribution in [0.3, 0.4) is 0 Å². The molecular formula is C21H21N3O. The Labute approximate surface area is 148 Å². The second-order valence-corrected chi connectivity index (χ2v) is 6.11. The Kier molecular flexibility index (Phi) is 5.19. The number of amides is 1. The minimum atomic E-state index is -0.163. The third-order valence-corrected chi connectivity index (χ3v) is 4.05. The van der Waals surface area contributed by atoms with Crippen LogP contribution in [0.5, 0.6) is 0 Å². The molecule has 0 aliphatic carbocycles. The number of carbonyl (C=O) groups excluding carboxylic acids is 1. The van der Waals surface area contributed by atoms with Gasteiger partial charge in [0.25, 0.3) is 0 Å². The number of aryl methyl sites for hydroxylation is 1. The van der Waals surface area contributed by atoms with Crippen LogP contribution in [0.4, 0.5) is 0 Å².